The Hall–Kier alpha value is -2.33. The van der Waals surface area contributed by atoms with Crippen molar-refractivity contribution >= 4 is 11.6 Å². The molecule has 0 aliphatic carbocycles. The number of amides is 1. The zero-order valence-electron chi connectivity index (χ0n) is 16.9. The molecule has 2 aromatic rings. The molecule has 4 nitrogen and oxygen atoms in total. The summed E-state index contributed by atoms with van der Waals surface area (Å²) in [6, 6.07) is 17.6. The van der Waals surface area contributed by atoms with E-state index in [1.54, 1.807) is 0 Å². The Morgan fingerprint density at radius 1 is 1.07 bits per heavy atom. The first-order chi connectivity index (χ1) is 13.0. The molecule has 3 rings (SSSR count). The van der Waals surface area contributed by atoms with E-state index in [4.69, 9.17) is 0 Å². The minimum absolute atomic E-state index is 0.00356. The molecule has 1 N–H and O–H groups in total. The summed E-state index contributed by atoms with van der Waals surface area (Å²) < 4.78 is 0. The molecule has 1 aliphatic heterocycles. The topological polar surface area (TPSA) is 35.6 Å². The number of nitrogens with one attached hydrogen (secondary N) is 1. The van der Waals surface area contributed by atoms with Crippen LogP contribution in [-0.4, -0.2) is 38.0 Å². The van der Waals surface area contributed by atoms with Crippen molar-refractivity contribution in [1.29, 1.82) is 0 Å². The number of carbonyl (C=O) groups is 1. The maximum Gasteiger partial charge on any atom is 0.222 e. The van der Waals surface area contributed by atoms with Gasteiger partial charge in [0.25, 0.3) is 0 Å². The third kappa shape index (κ3) is 4.69. The molecule has 0 saturated carbocycles. The van der Waals surface area contributed by atoms with E-state index in [0.717, 1.165) is 19.5 Å². The van der Waals surface area contributed by atoms with Crippen LogP contribution in [0.5, 0.6) is 0 Å². The second-order valence-electron chi connectivity index (χ2n) is 7.89. The molecule has 0 aromatic heterocycles. The van der Waals surface area contributed by atoms with Gasteiger partial charge < -0.3 is 10.2 Å². The highest BCUT2D eigenvalue weighted by Crippen LogP contribution is 2.28. The van der Waals surface area contributed by atoms with E-state index in [1.165, 1.54) is 22.4 Å². The van der Waals surface area contributed by atoms with E-state index in [2.05, 4.69) is 77.7 Å². The summed E-state index contributed by atoms with van der Waals surface area (Å²) >= 11 is 0. The molecule has 1 unspecified atom stereocenters. The summed E-state index contributed by atoms with van der Waals surface area (Å²) in [4.78, 5) is 16.8. The third-order valence-corrected chi connectivity index (χ3v) is 5.39. The second-order valence-corrected chi connectivity index (χ2v) is 7.89. The molecular formula is C23H31N3O. The first-order valence-corrected chi connectivity index (χ1v) is 9.81. The van der Waals surface area contributed by atoms with Gasteiger partial charge in [-0.3, -0.25) is 9.69 Å². The molecular weight excluding hydrogens is 334 g/mol. The van der Waals surface area contributed by atoms with Crippen LogP contribution in [0.2, 0.25) is 0 Å². The van der Waals surface area contributed by atoms with Crippen LogP contribution in [0, 0.1) is 5.92 Å². The Bertz CT molecular complexity index is 767. The van der Waals surface area contributed by atoms with Gasteiger partial charge in [0, 0.05) is 45.3 Å². The quantitative estimate of drug-likeness (QED) is 0.849. The summed E-state index contributed by atoms with van der Waals surface area (Å²) in [6.07, 6.45) is 1.06. The fourth-order valence-corrected chi connectivity index (χ4v) is 3.64. The van der Waals surface area contributed by atoms with Crippen molar-refractivity contribution in [3.8, 4) is 0 Å². The van der Waals surface area contributed by atoms with Crippen molar-refractivity contribution in [3.63, 3.8) is 0 Å². The number of hydrogen-bond acceptors (Lipinski definition) is 3. The molecule has 0 saturated heterocycles. The maximum atomic E-state index is 12.2. The maximum absolute atomic E-state index is 12.2. The van der Waals surface area contributed by atoms with Crippen LogP contribution in [0.1, 0.15) is 36.6 Å². The molecule has 4 heteroatoms. The standard InChI is InChI=1S/C23H31N3O/c1-17(2)23(27)24-15-22(19-9-11-21(12-10-19)25(3)4)26-14-13-18-7-5-6-8-20(18)16-26/h5-12,17,22H,13-16H2,1-4H3,(H,24,27). The number of benzene rings is 2. The number of anilines is 1. The minimum Gasteiger partial charge on any atom is -0.378 e. The van der Waals surface area contributed by atoms with Gasteiger partial charge in [0.2, 0.25) is 5.91 Å². The lowest BCUT2D eigenvalue weighted by atomic mass is 9.96. The van der Waals surface area contributed by atoms with Crippen LogP contribution in [0.15, 0.2) is 48.5 Å². The fourth-order valence-electron chi connectivity index (χ4n) is 3.64. The molecule has 144 valence electrons. The summed E-state index contributed by atoms with van der Waals surface area (Å²) in [5.74, 6) is 0.117. The smallest absolute Gasteiger partial charge is 0.222 e. The lowest BCUT2D eigenvalue weighted by Gasteiger charge is -2.36. The highest BCUT2D eigenvalue weighted by molar-refractivity contribution is 5.77. The summed E-state index contributed by atoms with van der Waals surface area (Å²) in [7, 11) is 4.10. The monoisotopic (exact) mass is 365 g/mol. The molecule has 0 fully saturated rings. The first kappa shape index (κ1) is 19.4. The van der Waals surface area contributed by atoms with E-state index < -0.39 is 0 Å². The molecule has 1 amide bonds. The van der Waals surface area contributed by atoms with Gasteiger partial charge in [-0.05, 0) is 35.2 Å². The summed E-state index contributed by atoms with van der Waals surface area (Å²) in [6.45, 7) is 6.45. The van der Waals surface area contributed by atoms with E-state index >= 15 is 0 Å². The predicted molar refractivity (Wildman–Crippen MR) is 112 cm³/mol. The van der Waals surface area contributed by atoms with Crippen LogP contribution < -0.4 is 10.2 Å². The highest BCUT2D eigenvalue weighted by Gasteiger charge is 2.25. The van der Waals surface area contributed by atoms with Crippen molar-refractivity contribution in [1.82, 2.24) is 10.2 Å². The van der Waals surface area contributed by atoms with Gasteiger partial charge >= 0.3 is 0 Å². The Labute approximate surface area is 163 Å². The van der Waals surface area contributed by atoms with Crippen molar-refractivity contribution in [3.05, 3.63) is 65.2 Å². The predicted octanol–water partition coefficient (Wildman–Crippen LogP) is 3.62. The average molecular weight is 366 g/mol. The number of rotatable bonds is 6. The van der Waals surface area contributed by atoms with Crippen molar-refractivity contribution in [2.45, 2.75) is 32.9 Å². The van der Waals surface area contributed by atoms with E-state index in [0.29, 0.717) is 6.54 Å². The molecule has 0 bridgehead atoms. The number of nitrogens with zero attached hydrogens (tertiary/aromatic N) is 2. The Balaban J connectivity index is 1.82. The van der Waals surface area contributed by atoms with Gasteiger partial charge in [-0.2, -0.15) is 0 Å². The van der Waals surface area contributed by atoms with Crippen LogP contribution >= 0.6 is 0 Å². The van der Waals surface area contributed by atoms with Crippen LogP contribution in [0.25, 0.3) is 0 Å². The van der Waals surface area contributed by atoms with Gasteiger partial charge in [0.1, 0.15) is 0 Å². The van der Waals surface area contributed by atoms with Crippen LogP contribution in [0.3, 0.4) is 0 Å². The lowest BCUT2D eigenvalue weighted by molar-refractivity contribution is -0.124. The SMILES string of the molecule is CC(C)C(=O)NCC(c1ccc(N(C)C)cc1)N1CCc2ccccc2C1. The fraction of sp³-hybridized carbons (Fsp3) is 0.435. The normalized spacial score (nSPS) is 15.3. The Morgan fingerprint density at radius 2 is 1.74 bits per heavy atom. The molecule has 1 atom stereocenters. The van der Waals surface area contributed by atoms with Crippen LogP contribution in [0.4, 0.5) is 5.69 Å². The Kier molecular flexibility index (Phi) is 6.17. The molecule has 0 radical (unpaired) electrons. The average Bonchev–Trinajstić information content (AvgIpc) is 2.68. The summed E-state index contributed by atoms with van der Waals surface area (Å²) in [5.41, 5.74) is 5.28. The Morgan fingerprint density at radius 3 is 2.37 bits per heavy atom. The third-order valence-electron chi connectivity index (χ3n) is 5.39. The van der Waals surface area contributed by atoms with E-state index in [-0.39, 0.29) is 17.9 Å². The molecule has 2 aromatic carbocycles. The van der Waals surface area contributed by atoms with Crippen molar-refractivity contribution in [2.75, 3.05) is 32.1 Å². The lowest BCUT2D eigenvalue weighted by Crippen LogP contribution is -2.41. The number of hydrogen-bond donors (Lipinski definition) is 1. The minimum atomic E-state index is 0.00356. The number of fused-ring (bicyclic) bond motifs is 1. The van der Waals surface area contributed by atoms with Gasteiger partial charge in [-0.25, -0.2) is 0 Å². The molecule has 27 heavy (non-hydrogen) atoms. The second kappa shape index (κ2) is 8.57. The van der Waals surface area contributed by atoms with Crippen molar-refractivity contribution < 1.29 is 4.79 Å². The molecule has 1 heterocycles. The first-order valence-electron chi connectivity index (χ1n) is 9.81. The largest absolute Gasteiger partial charge is 0.378 e. The van der Waals surface area contributed by atoms with E-state index in [9.17, 15) is 4.79 Å². The molecule has 0 spiro atoms. The van der Waals surface area contributed by atoms with E-state index in [1.807, 2.05) is 13.8 Å². The van der Waals surface area contributed by atoms with Crippen LogP contribution in [-0.2, 0) is 17.8 Å². The van der Waals surface area contributed by atoms with Gasteiger partial charge in [0.05, 0.1) is 6.04 Å². The summed E-state index contributed by atoms with van der Waals surface area (Å²) in [5, 5.41) is 3.15. The van der Waals surface area contributed by atoms with Gasteiger partial charge in [-0.15, -0.1) is 0 Å². The van der Waals surface area contributed by atoms with Gasteiger partial charge in [0.15, 0.2) is 0 Å². The number of carbonyl (C=O) groups excluding carboxylic acids is 1. The molecule has 1 aliphatic rings. The highest BCUT2D eigenvalue weighted by atomic mass is 16.1. The van der Waals surface area contributed by atoms with Crippen molar-refractivity contribution in [2.24, 2.45) is 5.92 Å². The zero-order valence-corrected chi connectivity index (χ0v) is 16.9. The van der Waals surface area contributed by atoms with Gasteiger partial charge in [-0.1, -0.05) is 50.2 Å². The zero-order chi connectivity index (χ0) is 19.4.